The molecule has 1 aliphatic carbocycles. The van der Waals surface area contributed by atoms with Crippen molar-refractivity contribution in [2.24, 2.45) is 5.73 Å². The minimum Gasteiger partial charge on any atom is -0.328 e. The zero-order chi connectivity index (χ0) is 13.0. The first kappa shape index (κ1) is 13.6. The van der Waals surface area contributed by atoms with Gasteiger partial charge in [0.1, 0.15) is 0 Å². The second kappa shape index (κ2) is 6.35. The highest BCUT2D eigenvalue weighted by atomic mass is 15.2. The van der Waals surface area contributed by atoms with Crippen LogP contribution in [0.1, 0.15) is 51.1 Å². The standard InChI is InChI=1S/C16H26N2/c1-3-18(16-11-9-15(17)10-12-16)13(2)14-7-5-4-6-8-14/h4-8,13,15-16H,3,9-12,17H2,1-2H3. The monoisotopic (exact) mass is 246 g/mol. The maximum atomic E-state index is 6.01. The van der Waals surface area contributed by atoms with Crippen LogP contribution in [-0.4, -0.2) is 23.5 Å². The van der Waals surface area contributed by atoms with Crippen molar-refractivity contribution in [2.75, 3.05) is 6.54 Å². The average Bonchev–Trinajstić information content (AvgIpc) is 2.42. The Morgan fingerprint density at radius 3 is 2.33 bits per heavy atom. The normalized spacial score (nSPS) is 26.2. The fraction of sp³-hybridized carbons (Fsp3) is 0.625. The Labute approximate surface area is 111 Å². The van der Waals surface area contributed by atoms with E-state index >= 15 is 0 Å². The summed E-state index contributed by atoms with van der Waals surface area (Å²) in [6, 6.07) is 12.5. The van der Waals surface area contributed by atoms with E-state index < -0.39 is 0 Å². The van der Waals surface area contributed by atoms with Gasteiger partial charge in [-0.25, -0.2) is 0 Å². The van der Waals surface area contributed by atoms with Gasteiger partial charge >= 0.3 is 0 Å². The lowest BCUT2D eigenvalue weighted by atomic mass is 9.89. The summed E-state index contributed by atoms with van der Waals surface area (Å²) in [7, 11) is 0. The Hall–Kier alpha value is -0.860. The predicted molar refractivity (Wildman–Crippen MR) is 77.5 cm³/mol. The molecule has 18 heavy (non-hydrogen) atoms. The summed E-state index contributed by atoms with van der Waals surface area (Å²) in [6.07, 6.45) is 4.88. The van der Waals surface area contributed by atoms with Crippen LogP contribution < -0.4 is 5.73 Å². The average molecular weight is 246 g/mol. The number of hydrogen-bond donors (Lipinski definition) is 1. The summed E-state index contributed by atoms with van der Waals surface area (Å²) in [4.78, 5) is 2.64. The molecule has 0 saturated heterocycles. The van der Waals surface area contributed by atoms with E-state index in [1.807, 2.05) is 0 Å². The summed E-state index contributed by atoms with van der Waals surface area (Å²) in [5, 5.41) is 0. The van der Waals surface area contributed by atoms with Gasteiger partial charge in [-0.1, -0.05) is 37.3 Å². The molecular weight excluding hydrogens is 220 g/mol. The second-order valence-corrected chi connectivity index (χ2v) is 5.49. The van der Waals surface area contributed by atoms with Gasteiger partial charge in [0.25, 0.3) is 0 Å². The van der Waals surface area contributed by atoms with E-state index in [-0.39, 0.29) is 0 Å². The van der Waals surface area contributed by atoms with E-state index in [0.29, 0.717) is 18.1 Å². The molecule has 2 nitrogen and oxygen atoms in total. The minimum atomic E-state index is 0.437. The molecule has 1 aromatic rings. The Morgan fingerprint density at radius 2 is 1.78 bits per heavy atom. The molecule has 2 N–H and O–H groups in total. The molecule has 0 heterocycles. The van der Waals surface area contributed by atoms with Crippen LogP contribution in [0.5, 0.6) is 0 Å². The van der Waals surface area contributed by atoms with Crippen LogP contribution in [0.4, 0.5) is 0 Å². The van der Waals surface area contributed by atoms with E-state index in [2.05, 4.69) is 49.1 Å². The Bertz CT molecular complexity index is 341. The van der Waals surface area contributed by atoms with Gasteiger partial charge in [0.05, 0.1) is 0 Å². The van der Waals surface area contributed by atoms with Crippen molar-refractivity contribution in [1.82, 2.24) is 4.90 Å². The molecule has 0 spiro atoms. The van der Waals surface area contributed by atoms with Gasteiger partial charge in [-0.2, -0.15) is 0 Å². The lowest BCUT2D eigenvalue weighted by molar-refractivity contribution is 0.114. The van der Waals surface area contributed by atoms with Gasteiger partial charge in [0.15, 0.2) is 0 Å². The fourth-order valence-corrected chi connectivity index (χ4v) is 3.20. The summed E-state index contributed by atoms with van der Waals surface area (Å²) in [6.45, 7) is 5.72. The van der Waals surface area contributed by atoms with Crippen molar-refractivity contribution in [3.05, 3.63) is 35.9 Å². The molecule has 1 unspecified atom stereocenters. The van der Waals surface area contributed by atoms with Crippen LogP contribution in [0, 0.1) is 0 Å². The summed E-state index contributed by atoms with van der Waals surface area (Å²) >= 11 is 0. The SMILES string of the molecule is CCN(C1CCC(N)CC1)C(C)c1ccccc1. The minimum absolute atomic E-state index is 0.437. The van der Waals surface area contributed by atoms with Gasteiger partial charge < -0.3 is 5.73 Å². The molecule has 100 valence electrons. The van der Waals surface area contributed by atoms with E-state index in [4.69, 9.17) is 5.73 Å². The van der Waals surface area contributed by atoms with E-state index in [9.17, 15) is 0 Å². The first-order valence-electron chi connectivity index (χ1n) is 7.28. The third kappa shape index (κ3) is 3.12. The molecule has 0 radical (unpaired) electrons. The second-order valence-electron chi connectivity index (χ2n) is 5.49. The molecular formula is C16H26N2. The lowest BCUT2D eigenvalue weighted by Crippen LogP contribution is -2.42. The molecule has 0 amide bonds. The van der Waals surface area contributed by atoms with Gasteiger partial charge in [-0.05, 0) is 44.7 Å². The van der Waals surface area contributed by atoms with Gasteiger partial charge in [-0.3, -0.25) is 4.90 Å². The quantitative estimate of drug-likeness (QED) is 0.883. The molecule has 1 aliphatic rings. The topological polar surface area (TPSA) is 29.3 Å². The molecule has 2 heteroatoms. The predicted octanol–water partition coefficient (Wildman–Crippen LogP) is 3.34. The van der Waals surface area contributed by atoms with Crippen molar-refractivity contribution >= 4 is 0 Å². The summed E-state index contributed by atoms with van der Waals surface area (Å²) < 4.78 is 0. The van der Waals surface area contributed by atoms with Crippen molar-refractivity contribution < 1.29 is 0 Å². The van der Waals surface area contributed by atoms with Crippen molar-refractivity contribution in [3.63, 3.8) is 0 Å². The van der Waals surface area contributed by atoms with Crippen molar-refractivity contribution in [1.29, 1.82) is 0 Å². The van der Waals surface area contributed by atoms with Crippen molar-refractivity contribution in [3.8, 4) is 0 Å². The first-order valence-corrected chi connectivity index (χ1v) is 7.28. The first-order chi connectivity index (χ1) is 8.72. The maximum absolute atomic E-state index is 6.01. The number of nitrogens with zero attached hydrogens (tertiary/aromatic N) is 1. The molecule has 1 aromatic carbocycles. The highest BCUT2D eigenvalue weighted by Gasteiger charge is 2.26. The van der Waals surface area contributed by atoms with Crippen LogP contribution in [0.25, 0.3) is 0 Å². The van der Waals surface area contributed by atoms with E-state index in [1.165, 1.54) is 31.2 Å². The smallest absolute Gasteiger partial charge is 0.0322 e. The summed E-state index contributed by atoms with van der Waals surface area (Å²) in [5.41, 5.74) is 7.43. The molecule has 0 aromatic heterocycles. The zero-order valence-electron chi connectivity index (χ0n) is 11.7. The van der Waals surface area contributed by atoms with Gasteiger partial charge in [0.2, 0.25) is 0 Å². The number of benzene rings is 1. The maximum Gasteiger partial charge on any atom is 0.0322 e. The number of rotatable bonds is 4. The van der Waals surface area contributed by atoms with Gasteiger partial charge in [-0.15, -0.1) is 0 Å². The molecule has 0 aliphatic heterocycles. The van der Waals surface area contributed by atoms with E-state index in [1.54, 1.807) is 0 Å². The molecule has 2 rings (SSSR count). The van der Waals surface area contributed by atoms with Crippen LogP contribution >= 0.6 is 0 Å². The van der Waals surface area contributed by atoms with Gasteiger partial charge in [0, 0.05) is 18.1 Å². The van der Waals surface area contributed by atoms with Crippen molar-refractivity contribution in [2.45, 2.75) is 57.7 Å². The largest absolute Gasteiger partial charge is 0.328 e. The Morgan fingerprint density at radius 1 is 1.17 bits per heavy atom. The highest BCUT2D eigenvalue weighted by molar-refractivity contribution is 5.18. The fourth-order valence-electron chi connectivity index (χ4n) is 3.20. The Kier molecular flexibility index (Phi) is 4.79. The van der Waals surface area contributed by atoms with E-state index in [0.717, 1.165) is 6.54 Å². The molecule has 1 atom stereocenters. The van der Waals surface area contributed by atoms with Crippen LogP contribution in [0.15, 0.2) is 30.3 Å². The van der Waals surface area contributed by atoms with Crippen LogP contribution in [0.3, 0.4) is 0 Å². The highest BCUT2D eigenvalue weighted by Crippen LogP contribution is 2.29. The third-order valence-electron chi connectivity index (χ3n) is 4.35. The summed E-state index contributed by atoms with van der Waals surface area (Å²) in [5.74, 6) is 0. The van der Waals surface area contributed by atoms with Crippen LogP contribution in [-0.2, 0) is 0 Å². The lowest BCUT2D eigenvalue weighted by Gasteiger charge is -2.39. The number of hydrogen-bond acceptors (Lipinski definition) is 2. The number of nitrogens with two attached hydrogens (primary N) is 1. The third-order valence-corrected chi connectivity index (χ3v) is 4.35. The molecule has 1 fully saturated rings. The molecule has 0 bridgehead atoms. The molecule has 1 saturated carbocycles. The Balaban J connectivity index is 2.04. The van der Waals surface area contributed by atoms with Crippen LogP contribution in [0.2, 0.25) is 0 Å². The zero-order valence-corrected chi connectivity index (χ0v) is 11.7.